The molecular weight excluding hydrogens is 364 g/mol. The van der Waals surface area contributed by atoms with Gasteiger partial charge in [-0.25, -0.2) is 8.42 Å². The molecule has 7 heteroatoms. The van der Waals surface area contributed by atoms with Gasteiger partial charge in [-0.2, -0.15) is 0 Å². The predicted octanol–water partition coefficient (Wildman–Crippen LogP) is 2.43. The van der Waals surface area contributed by atoms with Gasteiger partial charge >= 0.3 is 0 Å². The zero-order valence-electron chi connectivity index (χ0n) is 14.7. The summed E-state index contributed by atoms with van der Waals surface area (Å²) in [7, 11) is -3.60. The van der Waals surface area contributed by atoms with Crippen LogP contribution in [0.3, 0.4) is 0 Å². The van der Waals surface area contributed by atoms with E-state index < -0.39 is 9.84 Å². The minimum Gasteiger partial charge on any atom is -0.492 e. The van der Waals surface area contributed by atoms with E-state index in [1.807, 2.05) is 18.2 Å². The van der Waals surface area contributed by atoms with E-state index in [0.717, 1.165) is 18.5 Å². The molecule has 0 spiro atoms. The van der Waals surface area contributed by atoms with E-state index in [1.54, 1.807) is 36.4 Å². The molecule has 0 aliphatic carbocycles. The predicted molar refractivity (Wildman–Crippen MR) is 102 cm³/mol. The zero-order valence-corrected chi connectivity index (χ0v) is 15.5. The summed E-state index contributed by atoms with van der Waals surface area (Å²) in [5.41, 5.74) is 0.716. The second-order valence-corrected chi connectivity index (χ2v) is 8.33. The van der Waals surface area contributed by atoms with Crippen LogP contribution in [-0.4, -0.2) is 45.8 Å². The number of pyridine rings is 1. The molecule has 4 rings (SSSR count). The van der Waals surface area contributed by atoms with Crippen LogP contribution in [0.4, 0.5) is 0 Å². The van der Waals surface area contributed by atoms with Crippen LogP contribution in [0.1, 0.15) is 0 Å². The van der Waals surface area contributed by atoms with Gasteiger partial charge in [0.25, 0.3) is 0 Å². The van der Waals surface area contributed by atoms with E-state index in [9.17, 15) is 8.42 Å². The van der Waals surface area contributed by atoms with Crippen molar-refractivity contribution in [1.82, 2.24) is 10.3 Å². The van der Waals surface area contributed by atoms with Crippen LogP contribution in [0.2, 0.25) is 0 Å². The quantitative estimate of drug-likeness (QED) is 0.728. The summed E-state index contributed by atoms with van der Waals surface area (Å²) in [6, 6.07) is 15.6. The molecule has 1 atom stereocenters. The number of fused-ring (bicyclic) bond motifs is 1. The first kappa shape index (κ1) is 17.9. The molecule has 6 nitrogen and oxygen atoms in total. The van der Waals surface area contributed by atoms with Gasteiger partial charge in [-0.15, -0.1) is 0 Å². The van der Waals surface area contributed by atoms with E-state index in [-0.39, 0.29) is 15.8 Å². The standard InChI is InChI=1S/C20H20N2O4S/c23-27(24,18-4-2-1-3-5-18)19-11-15-10-17(6-7-20(15)22-12-19)26-14-16-13-25-9-8-21-16/h1-7,10-12,16,21H,8-9,13-14H2. The first-order valence-electron chi connectivity index (χ1n) is 8.77. The van der Waals surface area contributed by atoms with Gasteiger partial charge in [0.2, 0.25) is 9.84 Å². The van der Waals surface area contributed by atoms with Gasteiger partial charge in [-0.1, -0.05) is 18.2 Å². The molecule has 1 unspecified atom stereocenters. The Bertz CT molecular complexity index is 1030. The summed E-state index contributed by atoms with van der Waals surface area (Å²) >= 11 is 0. The maximum Gasteiger partial charge on any atom is 0.208 e. The molecule has 2 heterocycles. The SMILES string of the molecule is O=S(=O)(c1ccccc1)c1cnc2ccc(OCC3COCCN3)cc2c1. The third-order valence-corrected chi connectivity index (χ3v) is 6.18. The topological polar surface area (TPSA) is 77.5 Å². The monoisotopic (exact) mass is 384 g/mol. The minimum absolute atomic E-state index is 0.150. The van der Waals surface area contributed by atoms with Gasteiger partial charge in [0.15, 0.2) is 0 Å². The molecular formula is C20H20N2O4S. The number of hydrogen-bond acceptors (Lipinski definition) is 6. The van der Waals surface area contributed by atoms with Crippen LogP contribution in [-0.2, 0) is 14.6 Å². The lowest BCUT2D eigenvalue weighted by Gasteiger charge is -2.23. The van der Waals surface area contributed by atoms with Gasteiger partial charge < -0.3 is 14.8 Å². The van der Waals surface area contributed by atoms with Crippen molar-refractivity contribution in [1.29, 1.82) is 0 Å². The van der Waals surface area contributed by atoms with Crippen LogP contribution in [0.25, 0.3) is 10.9 Å². The molecule has 0 radical (unpaired) electrons. The first-order chi connectivity index (χ1) is 13.1. The van der Waals surface area contributed by atoms with Crippen molar-refractivity contribution in [2.24, 2.45) is 0 Å². The van der Waals surface area contributed by atoms with Gasteiger partial charge in [0, 0.05) is 18.1 Å². The number of hydrogen-bond donors (Lipinski definition) is 1. The van der Waals surface area contributed by atoms with Crippen molar-refractivity contribution in [3.05, 3.63) is 60.8 Å². The molecule has 1 fully saturated rings. The first-order valence-corrected chi connectivity index (χ1v) is 10.3. The molecule has 1 aromatic heterocycles. The van der Waals surface area contributed by atoms with Crippen LogP contribution >= 0.6 is 0 Å². The summed E-state index contributed by atoms with van der Waals surface area (Å²) in [6.07, 6.45) is 1.40. The van der Waals surface area contributed by atoms with E-state index in [0.29, 0.717) is 24.5 Å². The normalized spacial score (nSPS) is 17.7. The molecule has 1 aliphatic heterocycles. The molecule has 1 saturated heterocycles. The highest BCUT2D eigenvalue weighted by Crippen LogP contribution is 2.25. The highest BCUT2D eigenvalue weighted by Gasteiger charge is 2.18. The Kier molecular flexibility index (Phi) is 5.07. The van der Waals surface area contributed by atoms with Crippen LogP contribution < -0.4 is 10.1 Å². The van der Waals surface area contributed by atoms with E-state index in [2.05, 4.69) is 10.3 Å². The summed E-state index contributed by atoms with van der Waals surface area (Å²) in [4.78, 5) is 4.72. The highest BCUT2D eigenvalue weighted by atomic mass is 32.2. The summed E-state index contributed by atoms with van der Waals surface area (Å²) in [6.45, 7) is 2.64. The van der Waals surface area contributed by atoms with Crippen molar-refractivity contribution in [2.75, 3.05) is 26.4 Å². The molecule has 0 bridgehead atoms. The van der Waals surface area contributed by atoms with Crippen LogP contribution in [0, 0.1) is 0 Å². The lowest BCUT2D eigenvalue weighted by molar-refractivity contribution is 0.0593. The maximum atomic E-state index is 12.8. The van der Waals surface area contributed by atoms with Crippen molar-refractivity contribution >= 4 is 20.7 Å². The van der Waals surface area contributed by atoms with Crippen molar-refractivity contribution in [2.45, 2.75) is 15.8 Å². The second kappa shape index (κ2) is 7.64. The molecule has 3 aromatic rings. The Balaban J connectivity index is 1.59. The van der Waals surface area contributed by atoms with Gasteiger partial charge in [0.05, 0.1) is 34.6 Å². The number of sulfone groups is 1. The highest BCUT2D eigenvalue weighted by molar-refractivity contribution is 7.91. The van der Waals surface area contributed by atoms with Gasteiger partial charge in [-0.3, -0.25) is 4.98 Å². The molecule has 0 amide bonds. The lowest BCUT2D eigenvalue weighted by atomic mass is 10.2. The zero-order chi connectivity index (χ0) is 18.7. The average molecular weight is 384 g/mol. The second-order valence-electron chi connectivity index (χ2n) is 6.38. The van der Waals surface area contributed by atoms with Crippen LogP contribution in [0.5, 0.6) is 5.75 Å². The maximum absolute atomic E-state index is 12.8. The number of morpholine rings is 1. The fraction of sp³-hybridized carbons (Fsp3) is 0.250. The fourth-order valence-corrected chi connectivity index (χ4v) is 4.25. The number of rotatable bonds is 5. The minimum atomic E-state index is -3.60. The summed E-state index contributed by atoms with van der Waals surface area (Å²) in [5.74, 6) is 0.672. The Morgan fingerprint density at radius 3 is 2.74 bits per heavy atom. The molecule has 1 aliphatic rings. The Labute approximate surface area is 158 Å². The smallest absolute Gasteiger partial charge is 0.208 e. The third kappa shape index (κ3) is 3.95. The van der Waals surface area contributed by atoms with Crippen LogP contribution in [0.15, 0.2) is 70.6 Å². The number of nitrogens with one attached hydrogen (secondary N) is 1. The molecule has 1 N–H and O–H groups in total. The summed E-state index contributed by atoms with van der Waals surface area (Å²) in [5, 5.41) is 4.05. The number of nitrogens with zero attached hydrogens (tertiary/aromatic N) is 1. The average Bonchev–Trinajstić information content (AvgIpc) is 2.73. The Morgan fingerprint density at radius 1 is 1.11 bits per heavy atom. The van der Waals surface area contributed by atoms with Crippen molar-refractivity contribution < 1.29 is 17.9 Å². The number of aromatic nitrogens is 1. The Hall–Kier alpha value is -2.48. The van der Waals surface area contributed by atoms with Gasteiger partial charge in [-0.05, 0) is 36.4 Å². The number of benzene rings is 2. The van der Waals surface area contributed by atoms with Crippen molar-refractivity contribution in [3.63, 3.8) is 0 Å². The van der Waals surface area contributed by atoms with Crippen molar-refractivity contribution in [3.8, 4) is 5.75 Å². The summed E-state index contributed by atoms with van der Waals surface area (Å²) < 4.78 is 36.9. The third-order valence-electron chi connectivity index (χ3n) is 4.44. The van der Waals surface area contributed by atoms with Gasteiger partial charge in [0.1, 0.15) is 12.4 Å². The largest absolute Gasteiger partial charge is 0.492 e. The molecule has 27 heavy (non-hydrogen) atoms. The van der Waals surface area contributed by atoms with E-state index >= 15 is 0 Å². The van der Waals surface area contributed by atoms with E-state index in [1.165, 1.54) is 6.20 Å². The lowest BCUT2D eigenvalue weighted by Crippen LogP contribution is -2.44. The molecule has 2 aromatic carbocycles. The molecule has 0 saturated carbocycles. The number of ether oxygens (including phenoxy) is 2. The Morgan fingerprint density at radius 2 is 1.96 bits per heavy atom. The fourth-order valence-electron chi connectivity index (χ4n) is 2.99. The van der Waals surface area contributed by atoms with E-state index in [4.69, 9.17) is 9.47 Å². The molecule has 140 valence electrons.